The lowest BCUT2D eigenvalue weighted by Crippen LogP contribution is -2.20. The Kier molecular flexibility index (Phi) is 4.99. The Balaban J connectivity index is 2.22. The fourth-order valence-electron chi connectivity index (χ4n) is 1.17. The van der Waals surface area contributed by atoms with E-state index in [2.05, 4.69) is 51.6 Å². The van der Waals surface area contributed by atoms with E-state index in [9.17, 15) is 0 Å². The van der Waals surface area contributed by atoms with Crippen LogP contribution in [0.5, 0.6) is 0 Å². The molecule has 1 unspecified atom stereocenters. The van der Waals surface area contributed by atoms with Crippen molar-refractivity contribution in [1.29, 1.82) is 0 Å². The van der Waals surface area contributed by atoms with E-state index in [-0.39, 0.29) is 0 Å². The van der Waals surface area contributed by atoms with Gasteiger partial charge >= 0.3 is 0 Å². The molecular formula is C10H16BrNS. The third-order valence-electron chi connectivity index (χ3n) is 1.94. The van der Waals surface area contributed by atoms with Crippen LogP contribution in [0.3, 0.4) is 0 Å². The van der Waals surface area contributed by atoms with E-state index >= 15 is 0 Å². The average Bonchev–Trinajstić information content (AvgIpc) is 2.53. The Morgan fingerprint density at radius 3 is 2.92 bits per heavy atom. The Bertz CT molecular complexity index is 221. The number of alkyl halides is 1. The Labute approximate surface area is 92.9 Å². The molecule has 1 aromatic rings. The molecule has 0 fully saturated rings. The van der Waals surface area contributed by atoms with E-state index in [0.29, 0.717) is 4.83 Å². The molecule has 3 heteroatoms. The van der Waals surface area contributed by atoms with E-state index in [1.165, 1.54) is 12.0 Å². The molecule has 1 heterocycles. The lowest BCUT2D eigenvalue weighted by Gasteiger charge is -2.16. The summed E-state index contributed by atoms with van der Waals surface area (Å²) in [6.07, 6.45) is 1.21. The van der Waals surface area contributed by atoms with Gasteiger partial charge in [0, 0.05) is 11.4 Å². The summed E-state index contributed by atoms with van der Waals surface area (Å²) in [6, 6.07) is 2.19. The highest BCUT2D eigenvalue weighted by atomic mass is 79.9. The van der Waals surface area contributed by atoms with Crippen molar-refractivity contribution in [2.24, 2.45) is 0 Å². The zero-order valence-corrected chi connectivity index (χ0v) is 10.6. The van der Waals surface area contributed by atoms with E-state index in [4.69, 9.17) is 0 Å². The summed E-state index contributed by atoms with van der Waals surface area (Å²) in [7, 11) is 2.17. The van der Waals surface area contributed by atoms with Crippen molar-refractivity contribution in [2.45, 2.75) is 24.7 Å². The number of rotatable bonds is 5. The first kappa shape index (κ1) is 11.2. The van der Waals surface area contributed by atoms with Crippen molar-refractivity contribution in [3.63, 3.8) is 0 Å². The second kappa shape index (κ2) is 5.78. The minimum absolute atomic E-state index is 0.623. The molecule has 1 nitrogen and oxygen atoms in total. The van der Waals surface area contributed by atoms with Gasteiger partial charge in [0.25, 0.3) is 0 Å². The summed E-state index contributed by atoms with van der Waals surface area (Å²) in [6.45, 7) is 4.42. The van der Waals surface area contributed by atoms with Crippen LogP contribution in [0.4, 0.5) is 0 Å². The standard InChI is InChI=1S/C10H16BrNS/c1-9(11)3-5-12(2)7-10-4-6-13-8-10/h4,6,8-9H,3,5,7H2,1-2H3. The number of thiophene rings is 1. The number of hydrogen-bond donors (Lipinski definition) is 0. The van der Waals surface area contributed by atoms with Crippen molar-refractivity contribution in [3.05, 3.63) is 22.4 Å². The van der Waals surface area contributed by atoms with Gasteiger partial charge in [-0.25, -0.2) is 0 Å². The maximum atomic E-state index is 3.56. The molecule has 0 N–H and O–H groups in total. The molecule has 0 radical (unpaired) electrons. The van der Waals surface area contributed by atoms with E-state index in [1.54, 1.807) is 11.3 Å². The fourth-order valence-corrected chi connectivity index (χ4v) is 2.04. The molecule has 0 aliphatic heterocycles. The molecule has 0 aliphatic rings. The quantitative estimate of drug-likeness (QED) is 0.735. The highest BCUT2D eigenvalue weighted by Crippen LogP contribution is 2.10. The number of halogens is 1. The van der Waals surface area contributed by atoms with Gasteiger partial charge < -0.3 is 4.90 Å². The van der Waals surface area contributed by atoms with Gasteiger partial charge in [0.05, 0.1) is 0 Å². The van der Waals surface area contributed by atoms with E-state index in [0.717, 1.165) is 13.1 Å². The summed E-state index contributed by atoms with van der Waals surface area (Å²) in [4.78, 5) is 2.98. The second-order valence-electron chi connectivity index (χ2n) is 3.44. The molecular weight excluding hydrogens is 246 g/mol. The maximum Gasteiger partial charge on any atom is 0.0238 e. The first-order valence-corrected chi connectivity index (χ1v) is 6.38. The molecule has 1 aromatic heterocycles. The molecule has 0 aliphatic carbocycles. The number of hydrogen-bond acceptors (Lipinski definition) is 2. The van der Waals surface area contributed by atoms with Crippen LogP contribution in [-0.4, -0.2) is 23.3 Å². The van der Waals surface area contributed by atoms with Gasteiger partial charge in [-0.2, -0.15) is 11.3 Å². The summed E-state index contributed by atoms with van der Waals surface area (Å²) in [5.41, 5.74) is 1.43. The van der Waals surface area contributed by atoms with Crippen LogP contribution in [0.15, 0.2) is 16.8 Å². The molecule has 0 saturated carbocycles. The van der Waals surface area contributed by atoms with Crippen molar-refractivity contribution in [2.75, 3.05) is 13.6 Å². The van der Waals surface area contributed by atoms with Crippen LogP contribution in [0, 0.1) is 0 Å². The molecule has 1 rings (SSSR count). The predicted octanol–water partition coefficient (Wildman–Crippen LogP) is 3.35. The van der Waals surface area contributed by atoms with E-state index in [1.807, 2.05) is 0 Å². The first-order valence-electron chi connectivity index (χ1n) is 4.52. The molecule has 0 spiro atoms. The summed E-state index contributed by atoms with van der Waals surface area (Å²) in [5.74, 6) is 0. The summed E-state index contributed by atoms with van der Waals surface area (Å²) < 4.78 is 0. The van der Waals surface area contributed by atoms with Crippen molar-refractivity contribution >= 4 is 27.3 Å². The normalized spacial score (nSPS) is 13.5. The summed E-state index contributed by atoms with van der Waals surface area (Å²) >= 11 is 5.33. The molecule has 0 saturated heterocycles. The average molecular weight is 262 g/mol. The van der Waals surface area contributed by atoms with Crippen LogP contribution < -0.4 is 0 Å². The van der Waals surface area contributed by atoms with Crippen LogP contribution in [0.25, 0.3) is 0 Å². The maximum absolute atomic E-state index is 3.56. The van der Waals surface area contributed by atoms with Gasteiger partial charge in [0.2, 0.25) is 0 Å². The predicted molar refractivity (Wildman–Crippen MR) is 63.7 cm³/mol. The lowest BCUT2D eigenvalue weighted by atomic mass is 10.3. The number of nitrogens with zero attached hydrogens (tertiary/aromatic N) is 1. The fraction of sp³-hybridized carbons (Fsp3) is 0.600. The van der Waals surface area contributed by atoms with Gasteiger partial charge in [-0.1, -0.05) is 22.9 Å². The molecule has 0 aromatic carbocycles. The zero-order chi connectivity index (χ0) is 9.68. The van der Waals surface area contributed by atoms with Crippen molar-refractivity contribution < 1.29 is 0 Å². The van der Waals surface area contributed by atoms with Crippen LogP contribution >= 0.6 is 27.3 Å². The Morgan fingerprint density at radius 2 is 2.38 bits per heavy atom. The van der Waals surface area contributed by atoms with Crippen LogP contribution in [0.1, 0.15) is 18.9 Å². The van der Waals surface area contributed by atoms with Gasteiger partial charge in [-0.15, -0.1) is 0 Å². The van der Waals surface area contributed by atoms with Gasteiger partial charge in [-0.3, -0.25) is 0 Å². The largest absolute Gasteiger partial charge is 0.302 e. The molecule has 0 bridgehead atoms. The van der Waals surface area contributed by atoms with E-state index < -0.39 is 0 Å². The molecule has 0 amide bonds. The third kappa shape index (κ3) is 4.79. The van der Waals surface area contributed by atoms with Crippen molar-refractivity contribution in [3.8, 4) is 0 Å². The first-order chi connectivity index (χ1) is 6.18. The monoisotopic (exact) mass is 261 g/mol. The minimum atomic E-state index is 0.623. The minimum Gasteiger partial charge on any atom is -0.302 e. The van der Waals surface area contributed by atoms with Gasteiger partial charge in [0.1, 0.15) is 0 Å². The lowest BCUT2D eigenvalue weighted by molar-refractivity contribution is 0.323. The highest BCUT2D eigenvalue weighted by Gasteiger charge is 2.02. The van der Waals surface area contributed by atoms with Gasteiger partial charge in [-0.05, 0) is 42.4 Å². The molecule has 1 atom stereocenters. The second-order valence-corrected chi connectivity index (χ2v) is 5.78. The SMILES string of the molecule is CC(Br)CCN(C)Cc1ccsc1. The Hall–Kier alpha value is 0.140. The Morgan fingerprint density at radius 1 is 1.62 bits per heavy atom. The highest BCUT2D eigenvalue weighted by molar-refractivity contribution is 9.09. The molecule has 13 heavy (non-hydrogen) atoms. The van der Waals surface area contributed by atoms with Crippen molar-refractivity contribution in [1.82, 2.24) is 4.90 Å². The topological polar surface area (TPSA) is 3.24 Å². The zero-order valence-electron chi connectivity index (χ0n) is 8.16. The van der Waals surface area contributed by atoms with Crippen LogP contribution in [-0.2, 0) is 6.54 Å². The van der Waals surface area contributed by atoms with Gasteiger partial charge in [0.15, 0.2) is 0 Å². The third-order valence-corrected chi connectivity index (χ3v) is 3.13. The smallest absolute Gasteiger partial charge is 0.0238 e. The summed E-state index contributed by atoms with van der Waals surface area (Å²) in [5, 5.41) is 4.35. The molecule has 74 valence electrons. The van der Waals surface area contributed by atoms with Crippen LogP contribution in [0.2, 0.25) is 0 Å².